The van der Waals surface area contributed by atoms with Gasteiger partial charge in [-0.25, -0.2) is 0 Å². The molecule has 1 aliphatic heterocycles. The number of alkyl halides is 1. The molecule has 134 valence electrons. The fraction of sp³-hybridized carbons (Fsp3) is 0.421. The number of carbonyl (C=O) groups is 1. The summed E-state index contributed by atoms with van der Waals surface area (Å²) in [5.41, 5.74) is 3.23. The molecule has 6 heteroatoms. The van der Waals surface area contributed by atoms with Gasteiger partial charge in [0.1, 0.15) is 23.5 Å². The minimum Gasteiger partial charge on any atom is -0.496 e. The van der Waals surface area contributed by atoms with Crippen molar-refractivity contribution in [3.8, 4) is 11.5 Å². The summed E-state index contributed by atoms with van der Waals surface area (Å²) in [6.07, 6.45) is 1.05. The number of rotatable bonds is 6. The van der Waals surface area contributed by atoms with Crippen LogP contribution in [-0.2, 0) is 24.3 Å². The number of hydrogen-bond acceptors (Lipinski definition) is 4. The molecule has 4 nitrogen and oxygen atoms in total. The summed E-state index contributed by atoms with van der Waals surface area (Å²) in [7, 11) is 1.65. The highest BCUT2D eigenvalue weighted by molar-refractivity contribution is 7.10. The summed E-state index contributed by atoms with van der Waals surface area (Å²) in [5.74, 6) is 1.53. The Kier molecular flexibility index (Phi) is 5.54. The Hall–Kier alpha value is -1.72. The van der Waals surface area contributed by atoms with Gasteiger partial charge in [-0.2, -0.15) is 0 Å². The van der Waals surface area contributed by atoms with E-state index in [2.05, 4.69) is 19.9 Å². The van der Waals surface area contributed by atoms with E-state index in [1.165, 1.54) is 4.88 Å². The van der Waals surface area contributed by atoms with Crippen LogP contribution >= 0.6 is 22.9 Å². The Balaban J connectivity index is 1.88. The van der Waals surface area contributed by atoms with Gasteiger partial charge in [-0.1, -0.05) is 0 Å². The number of hydrogen-bond donors (Lipinski definition) is 0. The maximum atomic E-state index is 12.4. The van der Waals surface area contributed by atoms with E-state index in [0.29, 0.717) is 13.1 Å². The average Bonchev–Trinajstić information content (AvgIpc) is 3.16. The number of carbonyl (C=O) groups excluding carboxylic acids is 1. The first-order chi connectivity index (χ1) is 12.0. The summed E-state index contributed by atoms with van der Waals surface area (Å²) in [6, 6.07) is 6.07. The Morgan fingerprint density at radius 3 is 2.80 bits per heavy atom. The van der Waals surface area contributed by atoms with Gasteiger partial charge in [0, 0.05) is 35.5 Å². The first-order valence-corrected chi connectivity index (χ1v) is 9.66. The van der Waals surface area contributed by atoms with Gasteiger partial charge in [-0.05, 0) is 43.0 Å². The SMILES string of the molecule is COc1cc2c(cc1CN(Cc1ccsc1C)C(=O)CCl)OC(C)C2. The predicted octanol–water partition coefficient (Wildman–Crippen LogP) is 4.16. The van der Waals surface area contributed by atoms with Crippen molar-refractivity contribution in [3.05, 3.63) is 45.1 Å². The van der Waals surface area contributed by atoms with Crippen molar-refractivity contribution in [1.82, 2.24) is 4.90 Å². The van der Waals surface area contributed by atoms with Crippen molar-refractivity contribution in [2.75, 3.05) is 13.0 Å². The fourth-order valence-corrected chi connectivity index (χ4v) is 3.99. The maximum Gasteiger partial charge on any atom is 0.238 e. The number of fused-ring (bicyclic) bond motifs is 1. The van der Waals surface area contributed by atoms with Crippen LogP contribution in [-0.4, -0.2) is 29.9 Å². The van der Waals surface area contributed by atoms with E-state index in [1.807, 2.05) is 17.5 Å². The molecule has 0 saturated carbocycles. The van der Waals surface area contributed by atoms with E-state index in [1.54, 1.807) is 23.3 Å². The van der Waals surface area contributed by atoms with Crippen molar-refractivity contribution < 1.29 is 14.3 Å². The summed E-state index contributed by atoms with van der Waals surface area (Å²) in [6.45, 7) is 5.09. The molecule has 1 amide bonds. The van der Waals surface area contributed by atoms with E-state index in [-0.39, 0.29) is 17.9 Å². The molecule has 1 aliphatic rings. The van der Waals surface area contributed by atoms with Crippen LogP contribution in [0.1, 0.15) is 28.5 Å². The Labute approximate surface area is 157 Å². The molecule has 1 atom stereocenters. The van der Waals surface area contributed by atoms with Crippen LogP contribution in [0.25, 0.3) is 0 Å². The van der Waals surface area contributed by atoms with Crippen molar-refractivity contribution in [2.24, 2.45) is 0 Å². The van der Waals surface area contributed by atoms with Gasteiger partial charge in [0.2, 0.25) is 5.91 Å². The molecule has 1 unspecified atom stereocenters. The Morgan fingerprint density at radius 2 is 2.16 bits per heavy atom. The highest BCUT2D eigenvalue weighted by atomic mass is 35.5. The Morgan fingerprint density at radius 1 is 1.40 bits per heavy atom. The third kappa shape index (κ3) is 3.93. The lowest BCUT2D eigenvalue weighted by Crippen LogP contribution is -2.31. The number of nitrogens with zero attached hydrogens (tertiary/aromatic N) is 1. The molecule has 0 spiro atoms. The minimum atomic E-state index is -0.0934. The number of aryl methyl sites for hydroxylation is 1. The number of halogens is 1. The predicted molar refractivity (Wildman–Crippen MR) is 101 cm³/mol. The van der Waals surface area contributed by atoms with E-state index in [9.17, 15) is 4.79 Å². The molecule has 1 aromatic carbocycles. The molecule has 0 aliphatic carbocycles. The average molecular weight is 380 g/mol. The highest BCUT2D eigenvalue weighted by Crippen LogP contribution is 2.35. The number of amides is 1. The third-order valence-electron chi connectivity index (χ3n) is 4.45. The van der Waals surface area contributed by atoms with Crippen LogP contribution in [0.3, 0.4) is 0 Å². The van der Waals surface area contributed by atoms with Crippen molar-refractivity contribution >= 4 is 28.8 Å². The van der Waals surface area contributed by atoms with Gasteiger partial charge in [0.15, 0.2) is 0 Å². The van der Waals surface area contributed by atoms with Crippen LogP contribution in [0.15, 0.2) is 23.6 Å². The first kappa shape index (κ1) is 18.1. The molecular formula is C19H22ClNO3S. The Bertz CT molecular complexity index is 774. The smallest absolute Gasteiger partial charge is 0.238 e. The highest BCUT2D eigenvalue weighted by Gasteiger charge is 2.23. The largest absolute Gasteiger partial charge is 0.496 e. The van der Waals surface area contributed by atoms with Crippen LogP contribution in [0.5, 0.6) is 11.5 Å². The van der Waals surface area contributed by atoms with Crippen LogP contribution in [0.4, 0.5) is 0 Å². The van der Waals surface area contributed by atoms with Crippen LogP contribution < -0.4 is 9.47 Å². The van der Waals surface area contributed by atoms with Crippen molar-refractivity contribution in [1.29, 1.82) is 0 Å². The summed E-state index contributed by atoms with van der Waals surface area (Å²) < 4.78 is 11.4. The third-order valence-corrected chi connectivity index (χ3v) is 5.57. The van der Waals surface area contributed by atoms with Crippen LogP contribution in [0, 0.1) is 6.92 Å². The fourth-order valence-electron chi connectivity index (χ4n) is 3.10. The molecule has 1 aromatic heterocycles. The van der Waals surface area contributed by atoms with E-state index < -0.39 is 0 Å². The van der Waals surface area contributed by atoms with Crippen molar-refractivity contribution in [3.63, 3.8) is 0 Å². The first-order valence-electron chi connectivity index (χ1n) is 8.25. The van der Waals surface area contributed by atoms with Gasteiger partial charge in [-0.3, -0.25) is 4.79 Å². The summed E-state index contributed by atoms with van der Waals surface area (Å²) in [5, 5.41) is 2.04. The zero-order chi connectivity index (χ0) is 18.0. The van der Waals surface area contributed by atoms with Gasteiger partial charge < -0.3 is 14.4 Å². The number of benzene rings is 1. The van der Waals surface area contributed by atoms with Gasteiger partial charge >= 0.3 is 0 Å². The number of thiophene rings is 1. The topological polar surface area (TPSA) is 38.8 Å². The normalized spacial score (nSPS) is 15.6. The maximum absolute atomic E-state index is 12.4. The zero-order valence-electron chi connectivity index (χ0n) is 14.7. The molecule has 2 heterocycles. The molecule has 0 N–H and O–H groups in total. The number of ether oxygens (including phenoxy) is 2. The lowest BCUT2D eigenvalue weighted by molar-refractivity contribution is -0.129. The molecule has 0 radical (unpaired) electrons. The van der Waals surface area contributed by atoms with E-state index in [0.717, 1.165) is 34.6 Å². The van der Waals surface area contributed by atoms with Crippen LogP contribution in [0.2, 0.25) is 0 Å². The molecule has 2 aromatic rings. The molecule has 25 heavy (non-hydrogen) atoms. The number of methoxy groups -OCH3 is 1. The monoisotopic (exact) mass is 379 g/mol. The van der Waals surface area contributed by atoms with Gasteiger partial charge in [-0.15, -0.1) is 22.9 Å². The quantitative estimate of drug-likeness (QED) is 0.707. The lowest BCUT2D eigenvalue weighted by Gasteiger charge is -2.23. The van der Waals surface area contributed by atoms with Gasteiger partial charge in [0.05, 0.1) is 7.11 Å². The molecule has 0 saturated heterocycles. The zero-order valence-corrected chi connectivity index (χ0v) is 16.2. The molecular weight excluding hydrogens is 358 g/mol. The second-order valence-corrected chi connectivity index (χ2v) is 7.68. The summed E-state index contributed by atoms with van der Waals surface area (Å²) in [4.78, 5) is 15.3. The van der Waals surface area contributed by atoms with E-state index in [4.69, 9.17) is 21.1 Å². The summed E-state index contributed by atoms with van der Waals surface area (Å²) >= 11 is 7.52. The minimum absolute atomic E-state index is 0.0377. The standard InChI is InChI=1S/C19H22ClNO3S/c1-12-6-15-7-17(23-3)16(8-18(15)24-12)11-21(19(22)9-20)10-14-4-5-25-13(14)2/h4-5,7-8,12H,6,9-11H2,1-3H3. The molecule has 3 rings (SSSR count). The van der Waals surface area contributed by atoms with Crippen molar-refractivity contribution in [2.45, 2.75) is 39.5 Å². The lowest BCUT2D eigenvalue weighted by atomic mass is 10.1. The second kappa shape index (κ2) is 7.67. The van der Waals surface area contributed by atoms with Gasteiger partial charge in [0.25, 0.3) is 0 Å². The van der Waals surface area contributed by atoms with E-state index >= 15 is 0 Å². The second-order valence-electron chi connectivity index (χ2n) is 6.29. The molecule has 0 fully saturated rings. The molecule has 0 bridgehead atoms.